The van der Waals surface area contributed by atoms with Gasteiger partial charge in [0.15, 0.2) is 0 Å². The Bertz CT molecular complexity index is 612. The molecule has 0 amide bonds. The second-order valence-electron chi connectivity index (χ2n) is 6.79. The summed E-state index contributed by atoms with van der Waals surface area (Å²) in [5, 5.41) is 0.553. The Morgan fingerprint density at radius 2 is 1.61 bits per heavy atom. The van der Waals surface area contributed by atoms with Crippen molar-refractivity contribution in [3.63, 3.8) is 0 Å². The molecule has 0 bridgehead atoms. The molecule has 2 atom stereocenters. The van der Waals surface area contributed by atoms with Crippen molar-refractivity contribution in [2.24, 2.45) is 0 Å². The van der Waals surface area contributed by atoms with Gasteiger partial charge in [0, 0.05) is 11.4 Å². The lowest BCUT2D eigenvalue weighted by molar-refractivity contribution is -0.932. The summed E-state index contributed by atoms with van der Waals surface area (Å²) in [6.07, 6.45) is 8.25. The zero-order valence-corrected chi connectivity index (χ0v) is 15.0. The zero-order valence-electron chi connectivity index (χ0n) is 13.4. The first-order valence-electron chi connectivity index (χ1n) is 8.69. The van der Waals surface area contributed by atoms with Gasteiger partial charge in [0.05, 0.1) is 24.0 Å². The number of hydrogen-bond acceptors (Lipinski definition) is 2. The van der Waals surface area contributed by atoms with Crippen LogP contribution in [0.4, 0.5) is 0 Å². The maximum atomic E-state index is 12.7. The third kappa shape index (κ3) is 4.27. The summed E-state index contributed by atoms with van der Waals surface area (Å²) < 4.78 is 28.3. The molecule has 0 aromatic heterocycles. The molecule has 1 saturated heterocycles. The molecule has 1 aromatic carbocycles. The Morgan fingerprint density at radius 1 is 0.957 bits per heavy atom. The maximum Gasteiger partial charge on any atom is 0.241 e. The van der Waals surface area contributed by atoms with Gasteiger partial charge >= 0.3 is 0 Å². The van der Waals surface area contributed by atoms with Gasteiger partial charge in [0.25, 0.3) is 0 Å². The second kappa shape index (κ2) is 7.51. The van der Waals surface area contributed by atoms with E-state index in [1.165, 1.54) is 38.8 Å². The number of likely N-dealkylation sites (tertiary alicyclic amines) is 1. The number of nitrogens with one attached hydrogen (secondary N) is 2. The number of quaternary nitrogens is 1. The molecule has 3 rings (SSSR count). The number of halogens is 1. The van der Waals surface area contributed by atoms with E-state index in [-0.39, 0.29) is 6.04 Å². The number of piperidine rings is 1. The van der Waals surface area contributed by atoms with Gasteiger partial charge in [-0.15, -0.1) is 0 Å². The van der Waals surface area contributed by atoms with Crippen LogP contribution in [0.3, 0.4) is 0 Å². The summed E-state index contributed by atoms with van der Waals surface area (Å²) in [5.41, 5.74) is 0. The molecule has 1 aliphatic heterocycles. The fourth-order valence-electron chi connectivity index (χ4n) is 4.02. The van der Waals surface area contributed by atoms with Crippen LogP contribution in [0.1, 0.15) is 44.9 Å². The minimum atomic E-state index is -3.47. The Hall–Kier alpha value is -0.620. The van der Waals surface area contributed by atoms with Crippen LogP contribution < -0.4 is 9.62 Å². The van der Waals surface area contributed by atoms with Crippen LogP contribution in [0.5, 0.6) is 0 Å². The normalized spacial score (nSPS) is 27.0. The van der Waals surface area contributed by atoms with Gasteiger partial charge in [-0.2, -0.15) is 0 Å². The van der Waals surface area contributed by atoms with E-state index < -0.39 is 10.0 Å². The lowest BCUT2D eigenvalue weighted by Crippen LogP contribution is -3.18. The van der Waals surface area contributed by atoms with Crippen LogP contribution >= 0.6 is 11.6 Å². The SMILES string of the molecule is O=S(=O)(N[C@@H]1CCCC[C@H]1[NH+]1CCCCC1)c1ccc(Cl)cc1. The highest BCUT2D eigenvalue weighted by Crippen LogP contribution is 2.21. The first-order valence-corrected chi connectivity index (χ1v) is 10.5. The summed E-state index contributed by atoms with van der Waals surface area (Å²) in [6, 6.07) is 6.89. The topological polar surface area (TPSA) is 50.6 Å². The number of rotatable bonds is 4. The van der Waals surface area contributed by atoms with Crippen LogP contribution in [-0.2, 0) is 10.0 Å². The van der Waals surface area contributed by atoms with Crippen molar-refractivity contribution < 1.29 is 13.3 Å². The number of benzene rings is 1. The highest BCUT2D eigenvalue weighted by molar-refractivity contribution is 7.89. The molecular weight excluding hydrogens is 332 g/mol. The van der Waals surface area contributed by atoms with Crippen molar-refractivity contribution >= 4 is 21.6 Å². The van der Waals surface area contributed by atoms with Gasteiger partial charge in [-0.1, -0.05) is 18.0 Å². The van der Waals surface area contributed by atoms with Gasteiger partial charge in [-0.25, -0.2) is 13.1 Å². The molecule has 128 valence electrons. The third-order valence-electron chi connectivity index (χ3n) is 5.22. The Balaban J connectivity index is 1.74. The first kappa shape index (κ1) is 17.2. The monoisotopic (exact) mass is 357 g/mol. The fraction of sp³-hybridized carbons (Fsp3) is 0.647. The van der Waals surface area contributed by atoms with E-state index >= 15 is 0 Å². The first-order chi connectivity index (χ1) is 11.1. The Kier molecular flexibility index (Phi) is 5.62. The van der Waals surface area contributed by atoms with Gasteiger partial charge in [0.2, 0.25) is 10.0 Å². The van der Waals surface area contributed by atoms with E-state index in [0.29, 0.717) is 16.0 Å². The van der Waals surface area contributed by atoms with Crippen LogP contribution in [0.2, 0.25) is 5.02 Å². The predicted octanol–water partition coefficient (Wildman–Crippen LogP) is 2.00. The predicted molar refractivity (Wildman–Crippen MR) is 92.4 cm³/mol. The zero-order chi connectivity index (χ0) is 16.3. The lowest BCUT2D eigenvalue weighted by atomic mass is 9.89. The second-order valence-corrected chi connectivity index (χ2v) is 8.94. The van der Waals surface area contributed by atoms with Crippen LogP contribution in [0.15, 0.2) is 29.2 Å². The van der Waals surface area contributed by atoms with Crippen molar-refractivity contribution in [2.75, 3.05) is 13.1 Å². The van der Waals surface area contributed by atoms with E-state index in [0.717, 1.165) is 19.3 Å². The molecule has 2 fully saturated rings. The quantitative estimate of drug-likeness (QED) is 0.866. The molecule has 1 aliphatic carbocycles. The molecule has 0 radical (unpaired) electrons. The van der Waals surface area contributed by atoms with Crippen LogP contribution in [0, 0.1) is 0 Å². The summed E-state index contributed by atoms with van der Waals surface area (Å²) >= 11 is 5.86. The van der Waals surface area contributed by atoms with E-state index in [4.69, 9.17) is 11.6 Å². The minimum Gasteiger partial charge on any atom is -0.331 e. The summed E-state index contributed by atoms with van der Waals surface area (Å²) in [7, 11) is -3.47. The van der Waals surface area contributed by atoms with Gasteiger partial charge in [-0.3, -0.25) is 0 Å². The molecular formula is C17H26ClN2O2S+. The largest absolute Gasteiger partial charge is 0.331 e. The van der Waals surface area contributed by atoms with Crippen molar-refractivity contribution in [3.8, 4) is 0 Å². The van der Waals surface area contributed by atoms with Crippen LogP contribution in [0.25, 0.3) is 0 Å². The minimum absolute atomic E-state index is 0.0533. The van der Waals surface area contributed by atoms with Crippen molar-refractivity contribution in [2.45, 2.75) is 61.9 Å². The Morgan fingerprint density at radius 3 is 2.30 bits per heavy atom. The average Bonchev–Trinajstić information content (AvgIpc) is 2.56. The maximum absolute atomic E-state index is 12.7. The summed E-state index contributed by atoms with van der Waals surface area (Å²) in [5.74, 6) is 0. The molecule has 2 aliphatic rings. The Labute approximate surface area is 144 Å². The molecule has 2 N–H and O–H groups in total. The van der Waals surface area contributed by atoms with E-state index in [1.807, 2.05) is 0 Å². The molecule has 0 unspecified atom stereocenters. The van der Waals surface area contributed by atoms with Crippen LogP contribution in [-0.4, -0.2) is 33.6 Å². The van der Waals surface area contributed by atoms with E-state index in [2.05, 4.69) is 4.72 Å². The van der Waals surface area contributed by atoms with Gasteiger partial charge in [0.1, 0.15) is 6.04 Å². The van der Waals surface area contributed by atoms with E-state index in [1.54, 1.807) is 29.2 Å². The highest BCUT2D eigenvalue weighted by atomic mass is 35.5. The fourth-order valence-corrected chi connectivity index (χ4v) is 5.46. The van der Waals surface area contributed by atoms with Gasteiger partial charge < -0.3 is 4.90 Å². The average molecular weight is 358 g/mol. The number of hydrogen-bond donors (Lipinski definition) is 2. The van der Waals surface area contributed by atoms with E-state index in [9.17, 15) is 8.42 Å². The van der Waals surface area contributed by atoms with Crippen molar-refractivity contribution in [1.29, 1.82) is 0 Å². The standard InChI is InChI=1S/C17H25ClN2O2S/c18-14-8-10-15(11-9-14)23(21,22)19-16-6-2-3-7-17(16)20-12-4-1-5-13-20/h8-11,16-17,19H,1-7,12-13H2/p+1/t16-,17-/m1/s1. The summed E-state index contributed by atoms with van der Waals surface area (Å²) in [6.45, 7) is 2.37. The third-order valence-corrected chi connectivity index (χ3v) is 6.97. The van der Waals surface area contributed by atoms with Crippen molar-refractivity contribution in [3.05, 3.63) is 29.3 Å². The molecule has 0 spiro atoms. The van der Waals surface area contributed by atoms with Gasteiger partial charge in [-0.05, 0) is 56.4 Å². The lowest BCUT2D eigenvalue weighted by Gasteiger charge is -2.39. The smallest absolute Gasteiger partial charge is 0.241 e. The number of sulfonamides is 1. The molecule has 23 heavy (non-hydrogen) atoms. The molecule has 4 nitrogen and oxygen atoms in total. The molecule has 1 heterocycles. The summed E-state index contributed by atoms with van der Waals surface area (Å²) in [4.78, 5) is 1.90. The highest BCUT2D eigenvalue weighted by Gasteiger charge is 2.36. The molecule has 1 aromatic rings. The molecule has 6 heteroatoms. The molecule has 1 saturated carbocycles. The van der Waals surface area contributed by atoms with Crippen molar-refractivity contribution in [1.82, 2.24) is 4.72 Å².